The van der Waals surface area contributed by atoms with Crippen molar-refractivity contribution in [3.8, 4) is 0 Å². The molecule has 21 heavy (non-hydrogen) atoms. The summed E-state index contributed by atoms with van der Waals surface area (Å²) in [4.78, 5) is 0. The molecule has 1 aliphatic rings. The van der Waals surface area contributed by atoms with Gasteiger partial charge in [0.05, 0.1) is 0 Å². The second kappa shape index (κ2) is 4.76. The summed E-state index contributed by atoms with van der Waals surface area (Å²) < 4.78 is 3.63. The number of aromatic nitrogens is 8. The lowest BCUT2D eigenvalue weighted by Gasteiger charge is -2.25. The fourth-order valence-corrected chi connectivity index (χ4v) is 2.70. The highest BCUT2D eigenvalue weighted by molar-refractivity contribution is 5.42. The molecule has 108 valence electrons. The normalized spacial score (nSPS) is 17.9. The molecular weight excluding hydrogens is 270 g/mol. The van der Waals surface area contributed by atoms with Crippen molar-refractivity contribution in [3.05, 3.63) is 23.8 Å². The second-order valence-corrected chi connectivity index (χ2v) is 5.12. The predicted octanol–water partition coefficient (Wildman–Crippen LogP) is 0.100. The van der Waals surface area contributed by atoms with Crippen LogP contribution in [0.5, 0.6) is 0 Å². The summed E-state index contributed by atoms with van der Waals surface area (Å²) in [6.07, 6.45) is 2.84. The summed E-state index contributed by atoms with van der Waals surface area (Å²) in [5.74, 6) is 2.89. The van der Waals surface area contributed by atoms with Crippen molar-refractivity contribution in [2.45, 2.75) is 38.8 Å². The topological polar surface area (TPSA) is 98.7 Å². The molecule has 0 radical (unpaired) electrons. The predicted molar refractivity (Wildman–Crippen MR) is 73.7 cm³/mol. The van der Waals surface area contributed by atoms with Crippen LogP contribution in [0.2, 0.25) is 0 Å². The Morgan fingerprint density at radius 1 is 1.29 bits per heavy atom. The summed E-state index contributed by atoms with van der Waals surface area (Å²) in [6, 6.07) is 4.05. The Bertz CT molecular complexity index is 760. The van der Waals surface area contributed by atoms with Crippen LogP contribution in [0.25, 0.3) is 5.65 Å². The maximum atomic E-state index is 4.34. The van der Waals surface area contributed by atoms with Crippen molar-refractivity contribution in [2.75, 3.05) is 5.32 Å². The zero-order valence-corrected chi connectivity index (χ0v) is 11.6. The fraction of sp³-hybridized carbons (Fsp3) is 0.500. The highest BCUT2D eigenvalue weighted by Gasteiger charge is 2.22. The minimum absolute atomic E-state index is 0.306. The van der Waals surface area contributed by atoms with Crippen molar-refractivity contribution >= 4 is 11.5 Å². The molecule has 0 aliphatic carbocycles. The Labute approximate surface area is 120 Å². The number of tetrazole rings is 1. The minimum Gasteiger partial charge on any atom is -0.364 e. The van der Waals surface area contributed by atoms with Crippen molar-refractivity contribution < 1.29 is 0 Å². The van der Waals surface area contributed by atoms with Gasteiger partial charge in [-0.05, 0) is 29.0 Å². The van der Waals surface area contributed by atoms with Gasteiger partial charge in [-0.1, -0.05) is 6.92 Å². The van der Waals surface area contributed by atoms with E-state index in [0.29, 0.717) is 11.7 Å². The lowest BCUT2D eigenvalue weighted by Crippen LogP contribution is -2.32. The maximum absolute atomic E-state index is 4.34. The molecule has 9 heteroatoms. The first-order valence-electron chi connectivity index (χ1n) is 7.06. The van der Waals surface area contributed by atoms with Crippen LogP contribution in [-0.4, -0.2) is 46.1 Å². The van der Waals surface area contributed by atoms with E-state index in [2.05, 4.69) is 47.6 Å². The third-order valence-corrected chi connectivity index (χ3v) is 3.76. The number of aryl methyl sites for hydroxylation is 2. The minimum atomic E-state index is 0.306. The number of rotatable bonds is 3. The molecule has 4 heterocycles. The molecular formula is C12H15N9. The molecule has 3 aromatic heterocycles. The van der Waals surface area contributed by atoms with E-state index in [1.54, 1.807) is 0 Å². The molecule has 0 saturated heterocycles. The quantitative estimate of drug-likeness (QED) is 0.728. The van der Waals surface area contributed by atoms with Crippen LogP contribution < -0.4 is 5.32 Å². The molecule has 4 rings (SSSR count). The van der Waals surface area contributed by atoms with E-state index in [9.17, 15) is 0 Å². The Balaban J connectivity index is 1.55. The van der Waals surface area contributed by atoms with Crippen LogP contribution >= 0.6 is 0 Å². The first-order chi connectivity index (χ1) is 10.3. The van der Waals surface area contributed by atoms with Crippen LogP contribution in [0.1, 0.15) is 25.0 Å². The van der Waals surface area contributed by atoms with Crippen molar-refractivity contribution in [1.82, 2.24) is 40.0 Å². The molecule has 0 saturated carbocycles. The van der Waals surface area contributed by atoms with E-state index in [1.165, 1.54) is 4.63 Å². The average Bonchev–Trinajstić information content (AvgIpc) is 3.12. The highest BCUT2D eigenvalue weighted by atomic mass is 15.6. The number of nitrogens with zero attached hydrogens (tertiary/aromatic N) is 8. The molecule has 1 unspecified atom stereocenters. The van der Waals surface area contributed by atoms with Gasteiger partial charge in [-0.2, -0.15) is 0 Å². The van der Waals surface area contributed by atoms with Gasteiger partial charge in [0, 0.05) is 25.4 Å². The molecule has 0 spiro atoms. The maximum Gasteiger partial charge on any atom is 0.200 e. The van der Waals surface area contributed by atoms with E-state index in [0.717, 1.165) is 43.3 Å². The third kappa shape index (κ3) is 2.10. The van der Waals surface area contributed by atoms with Gasteiger partial charge < -0.3 is 9.88 Å². The molecule has 0 aromatic carbocycles. The van der Waals surface area contributed by atoms with Gasteiger partial charge in [0.1, 0.15) is 17.5 Å². The monoisotopic (exact) mass is 285 g/mol. The van der Waals surface area contributed by atoms with Gasteiger partial charge in [0.15, 0.2) is 5.65 Å². The first-order valence-corrected chi connectivity index (χ1v) is 7.06. The summed E-state index contributed by atoms with van der Waals surface area (Å²) in [7, 11) is 0. The van der Waals surface area contributed by atoms with Gasteiger partial charge in [-0.25, -0.2) is 0 Å². The molecule has 1 atom stereocenters. The third-order valence-electron chi connectivity index (χ3n) is 3.76. The molecule has 1 N–H and O–H groups in total. The number of hydrogen-bond acceptors (Lipinski definition) is 7. The van der Waals surface area contributed by atoms with E-state index in [4.69, 9.17) is 0 Å². The van der Waals surface area contributed by atoms with Crippen molar-refractivity contribution in [2.24, 2.45) is 0 Å². The van der Waals surface area contributed by atoms with Crippen LogP contribution in [0.4, 0.5) is 5.82 Å². The van der Waals surface area contributed by atoms with Crippen LogP contribution in [-0.2, 0) is 19.4 Å². The summed E-state index contributed by atoms with van der Waals surface area (Å²) in [5.41, 5.74) is 0.638. The largest absolute Gasteiger partial charge is 0.364 e. The summed E-state index contributed by atoms with van der Waals surface area (Å²) in [6.45, 7) is 2.96. The lowest BCUT2D eigenvalue weighted by atomic mass is 10.1. The number of hydrogen-bond donors (Lipinski definition) is 1. The molecule has 0 amide bonds. The van der Waals surface area contributed by atoms with E-state index in [-0.39, 0.29) is 0 Å². The lowest BCUT2D eigenvalue weighted by molar-refractivity contribution is 0.464. The standard InChI is InChI=1S/C12H15N9/c1-2-10-14-15-11-5-3-8(7-20(10)11)13-9-4-6-12-16-18-19-21(12)17-9/h4,6,8H,2-3,5,7H2,1H3,(H,13,17). The van der Waals surface area contributed by atoms with Gasteiger partial charge in [0.2, 0.25) is 0 Å². The molecule has 1 aliphatic heterocycles. The summed E-state index contributed by atoms with van der Waals surface area (Å²) in [5, 5.41) is 27.5. The molecule has 0 bridgehead atoms. The van der Waals surface area contributed by atoms with E-state index < -0.39 is 0 Å². The second-order valence-electron chi connectivity index (χ2n) is 5.12. The van der Waals surface area contributed by atoms with Crippen LogP contribution in [0, 0.1) is 0 Å². The Kier molecular flexibility index (Phi) is 2.76. The number of fused-ring (bicyclic) bond motifs is 2. The van der Waals surface area contributed by atoms with Crippen LogP contribution in [0.15, 0.2) is 12.1 Å². The van der Waals surface area contributed by atoms with Gasteiger partial charge in [-0.3, -0.25) is 0 Å². The fourth-order valence-electron chi connectivity index (χ4n) is 2.70. The molecule has 9 nitrogen and oxygen atoms in total. The Hall–Kier alpha value is -2.58. The SMILES string of the molecule is CCc1nnc2n1CC(Nc1ccc3nnnn3n1)CC2. The smallest absolute Gasteiger partial charge is 0.200 e. The van der Waals surface area contributed by atoms with Crippen molar-refractivity contribution in [3.63, 3.8) is 0 Å². The van der Waals surface area contributed by atoms with Gasteiger partial charge >= 0.3 is 0 Å². The van der Waals surface area contributed by atoms with E-state index in [1.807, 2.05) is 12.1 Å². The number of nitrogens with one attached hydrogen (secondary N) is 1. The number of anilines is 1. The zero-order chi connectivity index (χ0) is 14.2. The van der Waals surface area contributed by atoms with Crippen LogP contribution in [0.3, 0.4) is 0 Å². The van der Waals surface area contributed by atoms with Gasteiger partial charge in [0.25, 0.3) is 0 Å². The van der Waals surface area contributed by atoms with E-state index >= 15 is 0 Å². The Morgan fingerprint density at radius 2 is 2.24 bits per heavy atom. The Morgan fingerprint density at radius 3 is 3.14 bits per heavy atom. The van der Waals surface area contributed by atoms with Gasteiger partial charge in [-0.15, -0.1) is 25.0 Å². The zero-order valence-electron chi connectivity index (χ0n) is 11.6. The van der Waals surface area contributed by atoms with Crippen molar-refractivity contribution in [1.29, 1.82) is 0 Å². The average molecular weight is 285 g/mol. The summed E-state index contributed by atoms with van der Waals surface area (Å²) >= 11 is 0. The highest BCUT2D eigenvalue weighted by Crippen LogP contribution is 2.18. The molecule has 3 aromatic rings. The first kappa shape index (κ1) is 12.2. The molecule has 0 fully saturated rings.